The Morgan fingerprint density at radius 2 is 1.92 bits per heavy atom. The van der Waals surface area contributed by atoms with Crippen molar-refractivity contribution in [2.45, 2.75) is 13.8 Å². The Morgan fingerprint density at radius 3 is 2.65 bits per heavy atom. The standard InChI is InChI=1S/C21H24N4O/c1-3-25(4-2)13-12-23-21(26)18-14-20(16-8-7-11-22-15-16)24-19-10-6-5-9-17(18)19/h5-11,14-15H,3-4,12-13H2,1-2H3,(H,23,26)/p+1. The molecule has 26 heavy (non-hydrogen) atoms. The Kier molecular flexibility index (Phi) is 5.92. The predicted molar refractivity (Wildman–Crippen MR) is 104 cm³/mol. The number of carbonyl (C=O) groups excluding carboxylic acids is 1. The summed E-state index contributed by atoms with van der Waals surface area (Å²) in [7, 11) is 0. The number of quaternary nitrogens is 1. The van der Waals surface area contributed by atoms with Crippen molar-refractivity contribution in [3.05, 3.63) is 60.4 Å². The SMILES string of the molecule is CC[NH+](CC)CCNC(=O)c1cc(-c2cccnc2)nc2ccccc12. The lowest BCUT2D eigenvalue weighted by atomic mass is 10.0. The van der Waals surface area contributed by atoms with E-state index in [9.17, 15) is 4.79 Å². The summed E-state index contributed by atoms with van der Waals surface area (Å²) < 4.78 is 0. The second kappa shape index (κ2) is 8.54. The van der Waals surface area contributed by atoms with E-state index in [1.807, 2.05) is 42.5 Å². The van der Waals surface area contributed by atoms with Crippen LogP contribution in [0.15, 0.2) is 54.9 Å². The van der Waals surface area contributed by atoms with Gasteiger partial charge in [-0.25, -0.2) is 4.98 Å². The largest absolute Gasteiger partial charge is 0.346 e. The molecule has 0 spiro atoms. The van der Waals surface area contributed by atoms with E-state index in [1.165, 1.54) is 4.90 Å². The zero-order chi connectivity index (χ0) is 18.4. The normalized spacial score (nSPS) is 11.0. The maximum absolute atomic E-state index is 12.8. The molecule has 0 atom stereocenters. The van der Waals surface area contributed by atoms with E-state index in [0.717, 1.165) is 41.8 Å². The topological polar surface area (TPSA) is 59.3 Å². The third-order valence-corrected chi connectivity index (χ3v) is 4.68. The molecule has 134 valence electrons. The maximum atomic E-state index is 12.8. The van der Waals surface area contributed by atoms with Gasteiger partial charge in [-0.05, 0) is 38.1 Å². The number of hydrogen-bond acceptors (Lipinski definition) is 3. The van der Waals surface area contributed by atoms with Crippen molar-refractivity contribution >= 4 is 16.8 Å². The van der Waals surface area contributed by atoms with Gasteiger partial charge >= 0.3 is 0 Å². The van der Waals surface area contributed by atoms with Crippen molar-refractivity contribution in [2.75, 3.05) is 26.2 Å². The van der Waals surface area contributed by atoms with Gasteiger partial charge in [0.1, 0.15) is 0 Å². The van der Waals surface area contributed by atoms with Gasteiger partial charge in [0.2, 0.25) is 0 Å². The van der Waals surface area contributed by atoms with Crippen molar-refractivity contribution in [3.8, 4) is 11.3 Å². The molecule has 5 nitrogen and oxygen atoms in total. The molecule has 0 unspecified atom stereocenters. The number of carbonyl (C=O) groups is 1. The lowest BCUT2D eigenvalue weighted by molar-refractivity contribution is -0.895. The Bertz CT molecular complexity index is 876. The molecular formula is C21H25N4O+. The lowest BCUT2D eigenvalue weighted by Gasteiger charge is -2.16. The summed E-state index contributed by atoms with van der Waals surface area (Å²) in [5, 5.41) is 3.93. The van der Waals surface area contributed by atoms with Crippen LogP contribution >= 0.6 is 0 Å². The summed E-state index contributed by atoms with van der Waals surface area (Å²) in [4.78, 5) is 23.2. The third kappa shape index (κ3) is 4.06. The minimum absolute atomic E-state index is 0.0553. The fourth-order valence-electron chi connectivity index (χ4n) is 3.08. The lowest BCUT2D eigenvalue weighted by Crippen LogP contribution is -3.12. The maximum Gasteiger partial charge on any atom is 0.252 e. The number of pyridine rings is 2. The number of rotatable bonds is 7. The number of likely N-dealkylation sites (N-methyl/N-ethyl adjacent to an activating group) is 1. The van der Waals surface area contributed by atoms with Crippen LogP contribution in [0.1, 0.15) is 24.2 Å². The van der Waals surface area contributed by atoms with E-state index >= 15 is 0 Å². The second-order valence-corrected chi connectivity index (χ2v) is 6.28. The van der Waals surface area contributed by atoms with E-state index < -0.39 is 0 Å². The summed E-state index contributed by atoms with van der Waals surface area (Å²) in [5.74, 6) is -0.0553. The van der Waals surface area contributed by atoms with Crippen molar-refractivity contribution in [1.82, 2.24) is 15.3 Å². The molecule has 0 aliphatic rings. The number of para-hydroxylation sites is 1. The fourth-order valence-corrected chi connectivity index (χ4v) is 3.08. The van der Waals surface area contributed by atoms with Crippen LogP contribution in [0.5, 0.6) is 0 Å². The first-order valence-electron chi connectivity index (χ1n) is 9.14. The first kappa shape index (κ1) is 18.0. The number of nitrogens with one attached hydrogen (secondary N) is 2. The molecule has 0 bridgehead atoms. The molecule has 2 aromatic heterocycles. The second-order valence-electron chi connectivity index (χ2n) is 6.28. The zero-order valence-electron chi connectivity index (χ0n) is 15.3. The van der Waals surface area contributed by atoms with Crippen molar-refractivity contribution < 1.29 is 9.69 Å². The molecule has 2 N–H and O–H groups in total. The number of nitrogens with zero attached hydrogens (tertiary/aromatic N) is 2. The van der Waals surface area contributed by atoms with E-state index in [4.69, 9.17) is 4.98 Å². The number of benzene rings is 1. The van der Waals surface area contributed by atoms with Gasteiger partial charge in [0.25, 0.3) is 5.91 Å². The van der Waals surface area contributed by atoms with Crippen LogP contribution in [-0.2, 0) is 0 Å². The molecule has 0 saturated heterocycles. The van der Waals surface area contributed by atoms with Gasteiger partial charge in [0.15, 0.2) is 0 Å². The summed E-state index contributed by atoms with van der Waals surface area (Å²) >= 11 is 0. The number of hydrogen-bond donors (Lipinski definition) is 2. The van der Waals surface area contributed by atoms with Crippen molar-refractivity contribution in [1.29, 1.82) is 0 Å². The highest BCUT2D eigenvalue weighted by atomic mass is 16.1. The molecule has 0 radical (unpaired) electrons. The van der Waals surface area contributed by atoms with E-state index in [-0.39, 0.29) is 5.91 Å². The smallest absolute Gasteiger partial charge is 0.252 e. The first-order chi connectivity index (χ1) is 12.7. The highest BCUT2D eigenvalue weighted by molar-refractivity contribution is 6.07. The third-order valence-electron chi connectivity index (χ3n) is 4.68. The minimum atomic E-state index is -0.0553. The average Bonchev–Trinajstić information content (AvgIpc) is 2.71. The van der Waals surface area contributed by atoms with Crippen molar-refractivity contribution in [3.63, 3.8) is 0 Å². The van der Waals surface area contributed by atoms with Crippen LogP contribution in [0.3, 0.4) is 0 Å². The Balaban J connectivity index is 1.90. The summed E-state index contributed by atoms with van der Waals surface area (Å²) in [5.41, 5.74) is 3.13. The zero-order valence-corrected chi connectivity index (χ0v) is 15.3. The summed E-state index contributed by atoms with van der Waals surface area (Å²) in [6.45, 7) is 8.05. The van der Waals surface area contributed by atoms with E-state index in [0.29, 0.717) is 12.1 Å². The van der Waals surface area contributed by atoms with E-state index in [2.05, 4.69) is 24.1 Å². The van der Waals surface area contributed by atoms with Crippen LogP contribution in [0.25, 0.3) is 22.2 Å². The molecular weight excluding hydrogens is 324 g/mol. The molecule has 1 amide bonds. The average molecular weight is 349 g/mol. The van der Waals surface area contributed by atoms with Gasteiger partial charge < -0.3 is 10.2 Å². The molecule has 1 aromatic carbocycles. The quantitative estimate of drug-likeness (QED) is 0.685. The first-order valence-corrected chi connectivity index (χ1v) is 9.14. The van der Waals surface area contributed by atoms with Crippen LogP contribution < -0.4 is 10.2 Å². The minimum Gasteiger partial charge on any atom is -0.346 e. The fraction of sp³-hybridized carbons (Fsp3) is 0.286. The predicted octanol–water partition coefficient (Wildman–Crippen LogP) is 1.95. The Hall–Kier alpha value is -2.79. The van der Waals surface area contributed by atoms with Crippen LogP contribution in [0.2, 0.25) is 0 Å². The number of aromatic nitrogens is 2. The van der Waals surface area contributed by atoms with Gasteiger partial charge in [0, 0.05) is 23.3 Å². The molecule has 2 heterocycles. The number of fused-ring (bicyclic) bond motifs is 1. The van der Waals surface area contributed by atoms with Gasteiger partial charge in [-0.15, -0.1) is 0 Å². The molecule has 0 fully saturated rings. The van der Waals surface area contributed by atoms with Gasteiger partial charge in [-0.3, -0.25) is 9.78 Å². The Morgan fingerprint density at radius 1 is 1.12 bits per heavy atom. The molecule has 0 aliphatic heterocycles. The molecule has 0 saturated carbocycles. The van der Waals surface area contributed by atoms with Crippen LogP contribution in [0.4, 0.5) is 0 Å². The molecule has 0 aliphatic carbocycles. The van der Waals surface area contributed by atoms with Gasteiger partial charge in [-0.1, -0.05) is 18.2 Å². The van der Waals surface area contributed by atoms with Gasteiger partial charge in [0.05, 0.1) is 43.0 Å². The Labute approximate surface area is 154 Å². The number of amides is 1. The van der Waals surface area contributed by atoms with Crippen LogP contribution in [-0.4, -0.2) is 42.1 Å². The van der Waals surface area contributed by atoms with Crippen molar-refractivity contribution in [2.24, 2.45) is 0 Å². The molecule has 5 heteroatoms. The van der Waals surface area contributed by atoms with E-state index in [1.54, 1.807) is 12.4 Å². The summed E-state index contributed by atoms with van der Waals surface area (Å²) in [6.07, 6.45) is 3.50. The highest BCUT2D eigenvalue weighted by Gasteiger charge is 2.14. The van der Waals surface area contributed by atoms with Gasteiger partial charge in [-0.2, -0.15) is 0 Å². The monoisotopic (exact) mass is 349 g/mol. The molecule has 3 rings (SSSR count). The van der Waals surface area contributed by atoms with Crippen LogP contribution in [0, 0.1) is 0 Å². The highest BCUT2D eigenvalue weighted by Crippen LogP contribution is 2.24. The molecule has 3 aromatic rings. The summed E-state index contributed by atoms with van der Waals surface area (Å²) in [6, 6.07) is 13.4.